The molecule has 0 spiro atoms. The van der Waals surface area contributed by atoms with Crippen molar-refractivity contribution in [2.75, 3.05) is 20.1 Å². The summed E-state index contributed by atoms with van der Waals surface area (Å²) in [6, 6.07) is 6.85. The molecule has 0 heterocycles. The maximum atomic E-state index is 12.1. The number of rotatable bonds is 9. The number of halogens is 2. The molecule has 0 fully saturated rings. The van der Waals surface area contributed by atoms with Gasteiger partial charge in [-0.1, -0.05) is 41.4 Å². The molecule has 0 saturated heterocycles. The van der Waals surface area contributed by atoms with Gasteiger partial charge in [-0.25, -0.2) is 4.79 Å². The summed E-state index contributed by atoms with van der Waals surface area (Å²) in [5.41, 5.74) is 0.994. The van der Waals surface area contributed by atoms with Crippen LogP contribution in [0.4, 0.5) is 4.79 Å². The number of urea groups is 1. The number of likely N-dealkylation sites (N-methyl/N-ethyl adjacent to an activating group) is 1. The molecule has 3 amide bonds. The molecule has 0 aliphatic carbocycles. The van der Waals surface area contributed by atoms with Gasteiger partial charge in [0.2, 0.25) is 5.91 Å². The fraction of sp³-hybridized carbons (Fsp3) is 0.500. The molecule has 0 aliphatic heterocycles. The van der Waals surface area contributed by atoms with Gasteiger partial charge in [-0.2, -0.15) is 0 Å². The Labute approximate surface area is 158 Å². The molecular formula is C16H26BrClN4O2. The number of benzene rings is 1. The Kier molecular flexibility index (Phi) is 12.3. The Balaban J connectivity index is 0.00000529. The second-order valence-electron chi connectivity index (χ2n) is 5.19. The lowest BCUT2D eigenvalue weighted by molar-refractivity contribution is -0.123. The molecule has 1 rings (SSSR count). The van der Waals surface area contributed by atoms with Gasteiger partial charge in [0.15, 0.2) is 0 Å². The highest BCUT2D eigenvalue weighted by Crippen LogP contribution is 2.10. The molecule has 0 aromatic heterocycles. The van der Waals surface area contributed by atoms with Crippen LogP contribution in [0.2, 0.25) is 0 Å². The van der Waals surface area contributed by atoms with Crippen LogP contribution >= 0.6 is 28.3 Å². The fourth-order valence-electron chi connectivity index (χ4n) is 1.99. The normalized spacial score (nSPS) is 11.1. The number of hydrogen-bond acceptors (Lipinski definition) is 3. The van der Waals surface area contributed by atoms with Crippen molar-refractivity contribution in [3.8, 4) is 0 Å². The first kappa shape index (κ1) is 22.7. The molecule has 24 heavy (non-hydrogen) atoms. The zero-order valence-electron chi connectivity index (χ0n) is 14.0. The third kappa shape index (κ3) is 9.10. The Bertz CT molecular complexity index is 499. The summed E-state index contributed by atoms with van der Waals surface area (Å²) in [5.74, 6) is -0.152. The first-order valence-electron chi connectivity index (χ1n) is 7.78. The molecule has 1 atom stereocenters. The van der Waals surface area contributed by atoms with E-state index in [4.69, 9.17) is 0 Å². The van der Waals surface area contributed by atoms with Gasteiger partial charge in [0, 0.05) is 24.1 Å². The Morgan fingerprint density at radius 3 is 2.38 bits per heavy atom. The van der Waals surface area contributed by atoms with Gasteiger partial charge in [0.05, 0.1) is 0 Å². The predicted molar refractivity (Wildman–Crippen MR) is 102 cm³/mol. The van der Waals surface area contributed by atoms with Crippen molar-refractivity contribution in [3.63, 3.8) is 0 Å². The van der Waals surface area contributed by atoms with E-state index in [1.807, 2.05) is 38.2 Å². The molecular weight excluding hydrogens is 396 g/mol. The van der Waals surface area contributed by atoms with Crippen LogP contribution in [-0.2, 0) is 11.3 Å². The van der Waals surface area contributed by atoms with Crippen LogP contribution in [0, 0.1) is 0 Å². The monoisotopic (exact) mass is 420 g/mol. The maximum absolute atomic E-state index is 12.1. The summed E-state index contributed by atoms with van der Waals surface area (Å²) in [7, 11) is 1.82. The average Bonchev–Trinajstić information content (AvgIpc) is 2.54. The largest absolute Gasteiger partial charge is 0.353 e. The molecule has 0 saturated carbocycles. The number of nitrogens with one attached hydrogen (secondary N) is 4. The molecule has 1 aromatic rings. The Morgan fingerprint density at radius 2 is 1.79 bits per heavy atom. The van der Waals surface area contributed by atoms with E-state index >= 15 is 0 Å². The summed E-state index contributed by atoms with van der Waals surface area (Å²) in [6.07, 6.45) is 1.42. The first-order chi connectivity index (χ1) is 11.1. The summed E-state index contributed by atoms with van der Waals surface area (Å²) in [5, 5.41) is 11.3. The molecule has 8 heteroatoms. The van der Waals surface area contributed by atoms with Gasteiger partial charge in [-0.3, -0.25) is 4.79 Å². The SMILES string of the molecule is CCCC(NC(=O)NCc1ccc(Br)cc1)C(=O)NCCNC.Cl. The summed E-state index contributed by atoms with van der Waals surface area (Å²) in [6.45, 7) is 3.63. The van der Waals surface area contributed by atoms with Crippen LogP contribution in [0.25, 0.3) is 0 Å². The lowest BCUT2D eigenvalue weighted by atomic mass is 10.1. The van der Waals surface area contributed by atoms with Crippen molar-refractivity contribution in [1.29, 1.82) is 0 Å². The number of hydrogen-bond donors (Lipinski definition) is 4. The van der Waals surface area contributed by atoms with E-state index in [0.717, 1.165) is 16.5 Å². The van der Waals surface area contributed by atoms with Crippen LogP contribution in [0.5, 0.6) is 0 Å². The third-order valence-electron chi connectivity index (χ3n) is 3.24. The molecule has 136 valence electrons. The Hall–Kier alpha value is -1.31. The van der Waals surface area contributed by atoms with Gasteiger partial charge in [0.25, 0.3) is 0 Å². The van der Waals surface area contributed by atoms with Crippen molar-refractivity contribution in [2.24, 2.45) is 0 Å². The minimum absolute atomic E-state index is 0. The summed E-state index contributed by atoms with van der Waals surface area (Å²) in [4.78, 5) is 24.0. The van der Waals surface area contributed by atoms with E-state index in [1.54, 1.807) is 0 Å². The highest BCUT2D eigenvalue weighted by Gasteiger charge is 2.19. The Morgan fingerprint density at radius 1 is 1.12 bits per heavy atom. The van der Waals surface area contributed by atoms with Gasteiger partial charge in [-0.15, -0.1) is 12.4 Å². The van der Waals surface area contributed by atoms with Gasteiger partial charge in [-0.05, 0) is 31.2 Å². The van der Waals surface area contributed by atoms with Crippen LogP contribution < -0.4 is 21.3 Å². The minimum Gasteiger partial charge on any atom is -0.353 e. The zero-order chi connectivity index (χ0) is 17.1. The second kappa shape index (κ2) is 13.0. The minimum atomic E-state index is -0.512. The topological polar surface area (TPSA) is 82.3 Å². The van der Waals surface area contributed by atoms with Crippen molar-refractivity contribution < 1.29 is 9.59 Å². The van der Waals surface area contributed by atoms with Crippen LogP contribution in [0.15, 0.2) is 28.7 Å². The van der Waals surface area contributed by atoms with Gasteiger partial charge < -0.3 is 21.3 Å². The zero-order valence-corrected chi connectivity index (χ0v) is 16.4. The van der Waals surface area contributed by atoms with Crippen molar-refractivity contribution >= 4 is 40.3 Å². The molecule has 0 radical (unpaired) electrons. The fourth-order valence-corrected chi connectivity index (χ4v) is 2.25. The highest BCUT2D eigenvalue weighted by molar-refractivity contribution is 9.10. The molecule has 1 aromatic carbocycles. The highest BCUT2D eigenvalue weighted by atomic mass is 79.9. The number of carbonyl (C=O) groups excluding carboxylic acids is 2. The van der Waals surface area contributed by atoms with Gasteiger partial charge in [0.1, 0.15) is 6.04 Å². The van der Waals surface area contributed by atoms with Gasteiger partial charge >= 0.3 is 6.03 Å². The van der Waals surface area contributed by atoms with Crippen LogP contribution in [-0.4, -0.2) is 38.1 Å². The standard InChI is InChI=1S/C16H25BrN4O2.ClH/c1-3-4-14(15(22)19-10-9-18-2)21-16(23)20-11-12-5-7-13(17)8-6-12;/h5-8,14,18H,3-4,9-11H2,1-2H3,(H,19,22)(H2,20,21,23);1H. The van der Waals surface area contributed by atoms with Crippen LogP contribution in [0.1, 0.15) is 25.3 Å². The third-order valence-corrected chi connectivity index (χ3v) is 3.77. The van der Waals surface area contributed by atoms with Crippen molar-refractivity contribution in [2.45, 2.75) is 32.4 Å². The van der Waals surface area contributed by atoms with Crippen molar-refractivity contribution in [3.05, 3.63) is 34.3 Å². The second-order valence-corrected chi connectivity index (χ2v) is 6.10. The van der Waals surface area contributed by atoms with Crippen molar-refractivity contribution in [1.82, 2.24) is 21.3 Å². The lowest BCUT2D eigenvalue weighted by Crippen LogP contribution is -2.50. The van der Waals surface area contributed by atoms with Crippen LogP contribution in [0.3, 0.4) is 0 Å². The quantitative estimate of drug-likeness (QED) is 0.461. The number of carbonyl (C=O) groups is 2. The molecule has 6 nitrogen and oxygen atoms in total. The first-order valence-corrected chi connectivity index (χ1v) is 8.57. The van der Waals surface area contributed by atoms with E-state index in [0.29, 0.717) is 26.1 Å². The summed E-state index contributed by atoms with van der Waals surface area (Å²) >= 11 is 3.37. The van der Waals surface area contributed by atoms with E-state index in [9.17, 15) is 9.59 Å². The van der Waals surface area contributed by atoms with E-state index < -0.39 is 6.04 Å². The maximum Gasteiger partial charge on any atom is 0.315 e. The molecule has 0 bridgehead atoms. The molecule has 4 N–H and O–H groups in total. The average molecular weight is 422 g/mol. The van der Waals surface area contributed by atoms with E-state index in [-0.39, 0.29) is 24.3 Å². The smallest absolute Gasteiger partial charge is 0.315 e. The molecule has 1 unspecified atom stereocenters. The lowest BCUT2D eigenvalue weighted by Gasteiger charge is -2.18. The molecule has 0 aliphatic rings. The van der Waals surface area contributed by atoms with E-state index in [2.05, 4.69) is 37.2 Å². The predicted octanol–water partition coefficient (Wildman–Crippen LogP) is 2.17. The van der Waals surface area contributed by atoms with E-state index in [1.165, 1.54) is 0 Å². The summed E-state index contributed by atoms with van der Waals surface area (Å²) < 4.78 is 0.993. The number of amides is 3.